The van der Waals surface area contributed by atoms with E-state index in [1.165, 1.54) is 5.56 Å². The van der Waals surface area contributed by atoms with Crippen molar-refractivity contribution in [3.63, 3.8) is 0 Å². The highest BCUT2D eigenvalue weighted by atomic mass is 32.1. The lowest BCUT2D eigenvalue weighted by Gasteiger charge is -2.06. The Morgan fingerprint density at radius 2 is 2.28 bits per heavy atom. The number of methoxy groups -OCH3 is 1. The summed E-state index contributed by atoms with van der Waals surface area (Å²) in [6.45, 7) is 0. The molecule has 0 fully saturated rings. The highest BCUT2D eigenvalue weighted by Gasteiger charge is 2.04. The Morgan fingerprint density at radius 1 is 1.39 bits per heavy atom. The lowest BCUT2D eigenvalue weighted by Crippen LogP contribution is -2.12. The standard InChI is InChI=1S/C14H15NO2S/c1-17-13-4-2-3-12(9-13)15-14(16)6-5-11-7-8-18-10-11/h2-4,7-10H,5-6H2,1H3,(H,15,16). The Morgan fingerprint density at radius 3 is 3.00 bits per heavy atom. The number of carbonyl (C=O) groups excluding carboxylic acids is 1. The van der Waals surface area contributed by atoms with E-state index in [1.54, 1.807) is 18.4 Å². The number of amides is 1. The van der Waals surface area contributed by atoms with Gasteiger partial charge in [-0.25, -0.2) is 0 Å². The predicted octanol–water partition coefficient (Wildman–Crippen LogP) is 3.33. The summed E-state index contributed by atoms with van der Waals surface area (Å²) >= 11 is 1.65. The van der Waals surface area contributed by atoms with E-state index in [-0.39, 0.29) is 5.91 Å². The summed E-state index contributed by atoms with van der Waals surface area (Å²) in [5.74, 6) is 0.764. The molecule has 0 saturated heterocycles. The maximum Gasteiger partial charge on any atom is 0.224 e. The largest absolute Gasteiger partial charge is 0.497 e. The number of hydrogen-bond donors (Lipinski definition) is 1. The van der Waals surface area contributed by atoms with Crippen molar-refractivity contribution in [3.8, 4) is 5.75 Å². The molecule has 1 aromatic heterocycles. The van der Waals surface area contributed by atoms with E-state index in [1.807, 2.05) is 35.7 Å². The lowest BCUT2D eigenvalue weighted by molar-refractivity contribution is -0.116. The Hall–Kier alpha value is -1.81. The van der Waals surface area contributed by atoms with Crippen LogP contribution in [0.4, 0.5) is 5.69 Å². The van der Waals surface area contributed by atoms with Crippen LogP contribution in [0.25, 0.3) is 0 Å². The van der Waals surface area contributed by atoms with Crippen LogP contribution in [0, 0.1) is 0 Å². The molecule has 0 radical (unpaired) electrons. The average molecular weight is 261 g/mol. The van der Waals surface area contributed by atoms with Crippen LogP contribution in [-0.2, 0) is 11.2 Å². The van der Waals surface area contributed by atoms with Crippen LogP contribution in [0.1, 0.15) is 12.0 Å². The molecule has 1 heterocycles. The Kier molecular flexibility index (Phi) is 4.36. The highest BCUT2D eigenvalue weighted by molar-refractivity contribution is 7.07. The first kappa shape index (κ1) is 12.6. The summed E-state index contributed by atoms with van der Waals surface area (Å²) in [5.41, 5.74) is 1.98. The molecule has 0 atom stereocenters. The van der Waals surface area contributed by atoms with Crippen LogP contribution >= 0.6 is 11.3 Å². The zero-order chi connectivity index (χ0) is 12.8. The normalized spacial score (nSPS) is 10.1. The van der Waals surface area contributed by atoms with Crippen LogP contribution < -0.4 is 10.1 Å². The first-order valence-corrected chi connectivity index (χ1v) is 6.67. The fraction of sp³-hybridized carbons (Fsp3) is 0.214. The number of ether oxygens (including phenoxy) is 1. The van der Waals surface area contributed by atoms with Crippen LogP contribution in [0.2, 0.25) is 0 Å². The second-order valence-corrected chi connectivity index (χ2v) is 4.69. The molecule has 1 amide bonds. The number of carbonyl (C=O) groups is 1. The molecule has 4 heteroatoms. The number of hydrogen-bond acceptors (Lipinski definition) is 3. The van der Waals surface area contributed by atoms with Crippen LogP contribution in [0.5, 0.6) is 5.75 Å². The summed E-state index contributed by atoms with van der Waals surface area (Å²) < 4.78 is 5.11. The zero-order valence-electron chi connectivity index (χ0n) is 10.2. The number of aryl methyl sites for hydroxylation is 1. The molecule has 3 nitrogen and oxygen atoms in total. The second kappa shape index (κ2) is 6.21. The molecule has 0 aliphatic heterocycles. The molecular formula is C14H15NO2S. The van der Waals surface area contributed by atoms with Gasteiger partial charge in [-0.15, -0.1) is 0 Å². The van der Waals surface area contributed by atoms with Gasteiger partial charge in [-0.3, -0.25) is 4.79 Å². The predicted molar refractivity (Wildman–Crippen MR) is 74.3 cm³/mol. The SMILES string of the molecule is COc1cccc(NC(=O)CCc2ccsc2)c1. The third kappa shape index (κ3) is 3.60. The minimum absolute atomic E-state index is 0.0226. The molecule has 94 valence electrons. The maximum atomic E-state index is 11.8. The van der Waals surface area contributed by atoms with Crippen LogP contribution in [0.15, 0.2) is 41.1 Å². The van der Waals surface area contributed by atoms with Crippen molar-refractivity contribution in [2.75, 3.05) is 12.4 Å². The fourth-order valence-electron chi connectivity index (χ4n) is 1.62. The van der Waals surface area contributed by atoms with E-state index in [0.717, 1.165) is 17.9 Å². The van der Waals surface area contributed by atoms with Crippen molar-refractivity contribution in [2.45, 2.75) is 12.8 Å². The smallest absolute Gasteiger partial charge is 0.224 e. The van der Waals surface area contributed by atoms with Crippen molar-refractivity contribution < 1.29 is 9.53 Å². The van der Waals surface area contributed by atoms with Gasteiger partial charge >= 0.3 is 0 Å². The zero-order valence-corrected chi connectivity index (χ0v) is 11.0. The van der Waals surface area contributed by atoms with Crippen LogP contribution in [-0.4, -0.2) is 13.0 Å². The molecule has 2 aromatic rings. The van der Waals surface area contributed by atoms with Gasteiger partial charge in [0.2, 0.25) is 5.91 Å². The van der Waals surface area contributed by atoms with Crippen molar-refractivity contribution in [3.05, 3.63) is 46.7 Å². The van der Waals surface area contributed by atoms with Gasteiger partial charge in [0.25, 0.3) is 0 Å². The topological polar surface area (TPSA) is 38.3 Å². The number of thiophene rings is 1. The van der Waals surface area contributed by atoms with E-state index < -0.39 is 0 Å². The number of benzene rings is 1. The molecule has 0 aliphatic carbocycles. The minimum atomic E-state index is 0.0226. The van der Waals surface area contributed by atoms with Crippen molar-refractivity contribution in [2.24, 2.45) is 0 Å². The van der Waals surface area contributed by atoms with Gasteiger partial charge < -0.3 is 10.1 Å². The highest BCUT2D eigenvalue weighted by Crippen LogP contribution is 2.17. The summed E-state index contributed by atoms with van der Waals surface area (Å²) in [6, 6.07) is 9.41. The van der Waals surface area contributed by atoms with E-state index >= 15 is 0 Å². The molecule has 0 unspecified atom stereocenters. The van der Waals surface area contributed by atoms with Gasteiger partial charge in [-0.05, 0) is 40.9 Å². The maximum absolute atomic E-state index is 11.8. The summed E-state index contributed by atoms with van der Waals surface area (Å²) in [6.07, 6.45) is 1.27. The first-order chi connectivity index (χ1) is 8.78. The lowest BCUT2D eigenvalue weighted by atomic mass is 10.2. The van der Waals surface area contributed by atoms with Gasteiger partial charge in [0.1, 0.15) is 5.75 Å². The second-order valence-electron chi connectivity index (χ2n) is 3.91. The molecule has 0 bridgehead atoms. The Labute approximate surface area is 110 Å². The number of rotatable bonds is 5. The van der Waals surface area contributed by atoms with Crippen molar-refractivity contribution in [1.82, 2.24) is 0 Å². The third-order valence-electron chi connectivity index (χ3n) is 2.57. The van der Waals surface area contributed by atoms with Gasteiger partial charge in [-0.1, -0.05) is 6.07 Å². The number of nitrogens with one attached hydrogen (secondary N) is 1. The van der Waals surface area contributed by atoms with Crippen LogP contribution in [0.3, 0.4) is 0 Å². The summed E-state index contributed by atoms with van der Waals surface area (Å²) in [4.78, 5) is 11.8. The van der Waals surface area contributed by atoms with E-state index in [0.29, 0.717) is 6.42 Å². The monoisotopic (exact) mass is 261 g/mol. The van der Waals surface area contributed by atoms with Crippen molar-refractivity contribution >= 4 is 22.9 Å². The molecule has 0 spiro atoms. The molecule has 18 heavy (non-hydrogen) atoms. The average Bonchev–Trinajstić information content (AvgIpc) is 2.90. The van der Waals surface area contributed by atoms with Gasteiger partial charge in [0.15, 0.2) is 0 Å². The van der Waals surface area contributed by atoms with Gasteiger partial charge in [0.05, 0.1) is 7.11 Å². The molecule has 1 aromatic carbocycles. The van der Waals surface area contributed by atoms with Gasteiger partial charge in [-0.2, -0.15) is 11.3 Å². The third-order valence-corrected chi connectivity index (χ3v) is 3.31. The van der Waals surface area contributed by atoms with Gasteiger partial charge in [0, 0.05) is 18.2 Å². The fourth-order valence-corrected chi connectivity index (χ4v) is 2.32. The number of anilines is 1. The van der Waals surface area contributed by atoms with E-state index in [4.69, 9.17) is 4.74 Å². The molecule has 0 saturated carbocycles. The molecular weight excluding hydrogens is 246 g/mol. The summed E-state index contributed by atoms with van der Waals surface area (Å²) in [7, 11) is 1.61. The minimum Gasteiger partial charge on any atom is -0.497 e. The Balaban J connectivity index is 1.86. The molecule has 0 aliphatic rings. The summed E-state index contributed by atoms with van der Waals surface area (Å²) in [5, 5.41) is 6.95. The quantitative estimate of drug-likeness (QED) is 0.896. The Bertz CT molecular complexity index is 508. The van der Waals surface area contributed by atoms with E-state index in [2.05, 4.69) is 10.7 Å². The molecule has 1 N–H and O–H groups in total. The van der Waals surface area contributed by atoms with Crippen molar-refractivity contribution in [1.29, 1.82) is 0 Å². The van der Waals surface area contributed by atoms with E-state index in [9.17, 15) is 4.79 Å². The first-order valence-electron chi connectivity index (χ1n) is 5.73. The molecule has 2 rings (SSSR count).